The summed E-state index contributed by atoms with van der Waals surface area (Å²) in [5.74, 6) is -0.0417. The van der Waals surface area contributed by atoms with Gasteiger partial charge in [0.25, 0.3) is 5.91 Å². The van der Waals surface area contributed by atoms with Crippen LogP contribution in [0.4, 0.5) is 11.4 Å². The van der Waals surface area contributed by atoms with Crippen LogP contribution in [-0.2, 0) is 9.59 Å². The number of nitrogens with one attached hydrogen (secondary N) is 1. The Kier molecular flexibility index (Phi) is 3.98. The van der Waals surface area contributed by atoms with Gasteiger partial charge in [-0.25, -0.2) is 0 Å². The van der Waals surface area contributed by atoms with E-state index in [4.69, 9.17) is 16.3 Å². The molecule has 2 aromatic carbocycles. The largest absolute Gasteiger partial charge is 0.482 e. The summed E-state index contributed by atoms with van der Waals surface area (Å²) in [7, 11) is 0. The van der Waals surface area contributed by atoms with E-state index in [1.54, 1.807) is 30.3 Å². The van der Waals surface area contributed by atoms with Crippen LogP contribution in [-0.4, -0.2) is 25.0 Å². The van der Waals surface area contributed by atoms with Gasteiger partial charge < -0.3 is 10.1 Å². The average molecular weight is 317 g/mol. The topological polar surface area (TPSA) is 58.6 Å². The van der Waals surface area contributed by atoms with Gasteiger partial charge in [0, 0.05) is 16.8 Å². The maximum absolute atomic E-state index is 12.1. The first-order valence-electron chi connectivity index (χ1n) is 6.71. The molecule has 3 rings (SSSR count). The number of hydrogen-bond acceptors (Lipinski definition) is 3. The van der Waals surface area contributed by atoms with E-state index in [-0.39, 0.29) is 25.0 Å². The van der Waals surface area contributed by atoms with Crippen LogP contribution in [0.25, 0.3) is 0 Å². The molecule has 6 heteroatoms. The third-order valence-electron chi connectivity index (χ3n) is 3.22. The minimum Gasteiger partial charge on any atom is -0.482 e. The second-order valence-electron chi connectivity index (χ2n) is 4.79. The molecule has 2 aromatic rings. The summed E-state index contributed by atoms with van der Waals surface area (Å²) in [4.78, 5) is 25.5. The number of halogens is 1. The fraction of sp³-hybridized carbons (Fsp3) is 0.125. The van der Waals surface area contributed by atoms with Crippen molar-refractivity contribution in [3.63, 3.8) is 0 Å². The van der Waals surface area contributed by atoms with Crippen molar-refractivity contribution < 1.29 is 14.3 Å². The number of ether oxygens (including phenoxy) is 1. The number of benzene rings is 2. The maximum atomic E-state index is 12.1. The van der Waals surface area contributed by atoms with Crippen molar-refractivity contribution in [1.29, 1.82) is 0 Å². The Hall–Kier alpha value is -2.53. The van der Waals surface area contributed by atoms with E-state index in [0.717, 1.165) is 0 Å². The van der Waals surface area contributed by atoms with Crippen molar-refractivity contribution >= 4 is 34.8 Å². The number of amides is 2. The molecule has 5 nitrogen and oxygen atoms in total. The molecule has 0 aliphatic carbocycles. The zero-order chi connectivity index (χ0) is 15.5. The monoisotopic (exact) mass is 316 g/mol. The van der Waals surface area contributed by atoms with E-state index in [1.165, 1.54) is 4.90 Å². The number of carbonyl (C=O) groups excluding carboxylic acids is 2. The number of anilines is 2. The van der Waals surface area contributed by atoms with Gasteiger partial charge in [0.1, 0.15) is 12.3 Å². The maximum Gasteiger partial charge on any atom is 0.265 e. The number of carbonyl (C=O) groups is 2. The van der Waals surface area contributed by atoms with Gasteiger partial charge in [0.05, 0.1) is 5.69 Å². The van der Waals surface area contributed by atoms with E-state index in [0.29, 0.717) is 22.1 Å². The number of nitrogens with zero attached hydrogens (tertiary/aromatic N) is 1. The molecule has 0 saturated carbocycles. The molecule has 0 aromatic heterocycles. The lowest BCUT2D eigenvalue weighted by Gasteiger charge is -2.28. The SMILES string of the molecule is O=C(CN1C(=O)COc2cc(Cl)ccc21)Nc1ccccc1. The predicted molar refractivity (Wildman–Crippen MR) is 84.4 cm³/mol. The van der Waals surface area contributed by atoms with Crippen LogP contribution in [0.1, 0.15) is 0 Å². The van der Waals surface area contributed by atoms with Gasteiger partial charge in [0.2, 0.25) is 5.91 Å². The summed E-state index contributed by atoms with van der Waals surface area (Å²) in [5, 5.41) is 3.27. The molecule has 0 fully saturated rings. The fourth-order valence-electron chi connectivity index (χ4n) is 2.22. The highest BCUT2D eigenvalue weighted by Crippen LogP contribution is 2.34. The lowest BCUT2D eigenvalue weighted by molar-refractivity contribution is -0.123. The Morgan fingerprint density at radius 3 is 2.77 bits per heavy atom. The quantitative estimate of drug-likeness (QED) is 0.947. The average Bonchev–Trinajstić information content (AvgIpc) is 2.51. The third kappa shape index (κ3) is 3.04. The van der Waals surface area contributed by atoms with Crippen LogP contribution >= 0.6 is 11.6 Å². The van der Waals surface area contributed by atoms with E-state index in [9.17, 15) is 9.59 Å². The van der Waals surface area contributed by atoms with Crippen LogP contribution < -0.4 is 15.0 Å². The molecule has 0 atom stereocenters. The number of hydrogen-bond donors (Lipinski definition) is 1. The van der Waals surface area contributed by atoms with Crippen molar-refractivity contribution in [2.45, 2.75) is 0 Å². The second kappa shape index (κ2) is 6.07. The molecule has 1 N–H and O–H groups in total. The molecule has 22 heavy (non-hydrogen) atoms. The zero-order valence-corrected chi connectivity index (χ0v) is 12.3. The number of rotatable bonds is 3. The summed E-state index contributed by atoms with van der Waals surface area (Å²) < 4.78 is 5.34. The lowest BCUT2D eigenvalue weighted by Crippen LogP contribution is -2.43. The summed E-state index contributed by atoms with van der Waals surface area (Å²) in [5.41, 5.74) is 1.23. The van der Waals surface area contributed by atoms with Crippen molar-refractivity contribution in [3.05, 3.63) is 53.6 Å². The van der Waals surface area contributed by atoms with E-state index in [2.05, 4.69) is 5.32 Å². The Morgan fingerprint density at radius 1 is 1.23 bits per heavy atom. The van der Waals surface area contributed by atoms with Gasteiger partial charge in [-0.3, -0.25) is 14.5 Å². The highest BCUT2D eigenvalue weighted by molar-refractivity contribution is 6.31. The smallest absolute Gasteiger partial charge is 0.265 e. The first-order chi connectivity index (χ1) is 10.6. The van der Waals surface area contributed by atoms with Crippen LogP contribution in [0.5, 0.6) is 5.75 Å². The molecule has 0 bridgehead atoms. The summed E-state index contributed by atoms with van der Waals surface area (Å²) in [6.45, 7) is -0.183. The summed E-state index contributed by atoms with van der Waals surface area (Å²) >= 11 is 5.91. The molecular formula is C16H13ClN2O3. The third-order valence-corrected chi connectivity index (χ3v) is 3.46. The Bertz CT molecular complexity index is 719. The Morgan fingerprint density at radius 2 is 2.00 bits per heavy atom. The molecule has 1 heterocycles. The predicted octanol–water partition coefficient (Wildman–Crippen LogP) is 2.70. The van der Waals surface area contributed by atoms with Crippen LogP contribution in [0, 0.1) is 0 Å². The van der Waals surface area contributed by atoms with Crippen LogP contribution in [0.3, 0.4) is 0 Å². The molecule has 1 aliphatic rings. The van der Waals surface area contributed by atoms with Crippen molar-refractivity contribution in [2.24, 2.45) is 0 Å². The van der Waals surface area contributed by atoms with Crippen molar-refractivity contribution in [3.8, 4) is 5.75 Å². The van der Waals surface area contributed by atoms with Crippen molar-refractivity contribution in [2.75, 3.05) is 23.4 Å². The van der Waals surface area contributed by atoms with Gasteiger partial charge in [-0.05, 0) is 24.3 Å². The van der Waals surface area contributed by atoms with Crippen LogP contribution in [0.2, 0.25) is 5.02 Å². The summed E-state index contributed by atoms with van der Waals surface area (Å²) in [6.07, 6.45) is 0. The molecule has 112 valence electrons. The highest BCUT2D eigenvalue weighted by Gasteiger charge is 2.27. The Labute approximate surface area is 132 Å². The van der Waals surface area contributed by atoms with E-state index < -0.39 is 0 Å². The first-order valence-corrected chi connectivity index (χ1v) is 7.09. The van der Waals surface area contributed by atoms with Crippen molar-refractivity contribution in [1.82, 2.24) is 0 Å². The highest BCUT2D eigenvalue weighted by atomic mass is 35.5. The van der Waals surface area contributed by atoms with Gasteiger partial charge in [-0.15, -0.1) is 0 Å². The molecule has 0 unspecified atom stereocenters. The molecule has 0 saturated heterocycles. The zero-order valence-electron chi connectivity index (χ0n) is 11.6. The Balaban J connectivity index is 1.77. The second-order valence-corrected chi connectivity index (χ2v) is 5.23. The lowest BCUT2D eigenvalue weighted by atomic mass is 10.2. The molecule has 0 spiro atoms. The first kappa shape index (κ1) is 14.4. The number of para-hydroxylation sites is 1. The van der Waals surface area contributed by atoms with Gasteiger partial charge >= 0.3 is 0 Å². The fourth-order valence-corrected chi connectivity index (χ4v) is 2.38. The van der Waals surface area contributed by atoms with E-state index in [1.807, 2.05) is 18.2 Å². The molecule has 1 aliphatic heterocycles. The normalized spacial score (nSPS) is 13.3. The van der Waals surface area contributed by atoms with Crippen LogP contribution in [0.15, 0.2) is 48.5 Å². The van der Waals surface area contributed by atoms with Gasteiger partial charge in [0.15, 0.2) is 6.61 Å². The molecule has 0 radical (unpaired) electrons. The molecular weight excluding hydrogens is 304 g/mol. The number of fused-ring (bicyclic) bond motifs is 1. The minimum absolute atomic E-state index is 0.0777. The van der Waals surface area contributed by atoms with Gasteiger partial charge in [-0.1, -0.05) is 29.8 Å². The molecule has 2 amide bonds. The summed E-state index contributed by atoms with van der Waals surface area (Å²) in [6, 6.07) is 14.0. The van der Waals surface area contributed by atoms with E-state index >= 15 is 0 Å². The standard InChI is InChI=1S/C16H13ClN2O3/c17-11-6-7-13-14(8-11)22-10-16(21)19(13)9-15(20)18-12-4-2-1-3-5-12/h1-8H,9-10H2,(H,18,20). The minimum atomic E-state index is -0.276. The van der Waals surface area contributed by atoms with Gasteiger partial charge in [-0.2, -0.15) is 0 Å².